The van der Waals surface area contributed by atoms with Gasteiger partial charge in [0.2, 0.25) is 0 Å². The lowest BCUT2D eigenvalue weighted by molar-refractivity contribution is 0.0283. The molecule has 1 aromatic carbocycles. The number of hydrogen-bond acceptors (Lipinski definition) is 4. The van der Waals surface area contributed by atoms with Crippen LogP contribution in [0.4, 0.5) is 4.79 Å². The van der Waals surface area contributed by atoms with Crippen LogP contribution in [0.5, 0.6) is 0 Å². The van der Waals surface area contributed by atoms with E-state index in [2.05, 4.69) is 5.32 Å². The number of ether oxygens (including phenoxy) is 1. The number of nitrogens with two attached hydrogens (primary N) is 1. The van der Waals surface area contributed by atoms with Crippen molar-refractivity contribution in [2.45, 2.75) is 51.2 Å². The van der Waals surface area contributed by atoms with Gasteiger partial charge in [-0.05, 0) is 70.3 Å². The van der Waals surface area contributed by atoms with Gasteiger partial charge in [0.05, 0.1) is 5.54 Å². The number of amides is 2. The molecule has 2 rings (SSSR count). The summed E-state index contributed by atoms with van der Waals surface area (Å²) in [6.45, 7) is 6.45. The fourth-order valence-corrected chi connectivity index (χ4v) is 3.35. The van der Waals surface area contributed by atoms with Gasteiger partial charge in [0.15, 0.2) is 0 Å². The first kappa shape index (κ1) is 20.5. The fourth-order valence-electron chi connectivity index (χ4n) is 3.18. The van der Waals surface area contributed by atoms with Gasteiger partial charge in [-0.1, -0.05) is 11.6 Å². The molecule has 0 saturated heterocycles. The second kappa shape index (κ2) is 7.84. The second-order valence-electron chi connectivity index (χ2n) is 7.77. The molecule has 0 spiro atoms. The highest BCUT2D eigenvalue weighted by Crippen LogP contribution is 2.39. The highest BCUT2D eigenvalue weighted by Gasteiger charge is 2.42. The Morgan fingerprint density at radius 1 is 1.35 bits per heavy atom. The van der Waals surface area contributed by atoms with Crippen molar-refractivity contribution in [2.75, 3.05) is 20.1 Å². The first-order valence-corrected chi connectivity index (χ1v) is 9.22. The van der Waals surface area contributed by atoms with Crippen LogP contribution in [-0.4, -0.2) is 42.6 Å². The standard InChI is InChI=1S/C19H28ClN3O3/c1-18(2,3)26-17(25)23(4)11-9-19(8-5-10-21)15-12-13(20)6-7-14(15)16(24)22-19/h6-7,12H,5,8-11,21H2,1-4H3,(H,22,24). The quantitative estimate of drug-likeness (QED) is 0.791. The Kier molecular flexibility index (Phi) is 6.19. The van der Waals surface area contributed by atoms with Crippen LogP contribution in [0, 0.1) is 0 Å². The monoisotopic (exact) mass is 381 g/mol. The summed E-state index contributed by atoms with van der Waals surface area (Å²) in [7, 11) is 1.69. The molecular formula is C19H28ClN3O3. The van der Waals surface area contributed by atoms with E-state index in [-0.39, 0.29) is 12.0 Å². The molecule has 2 amide bonds. The summed E-state index contributed by atoms with van der Waals surface area (Å²) in [6.07, 6.45) is 1.61. The average molecular weight is 382 g/mol. The lowest BCUT2D eigenvalue weighted by Gasteiger charge is -2.33. The third-order valence-corrected chi connectivity index (χ3v) is 4.72. The van der Waals surface area contributed by atoms with Crippen molar-refractivity contribution in [2.24, 2.45) is 5.73 Å². The van der Waals surface area contributed by atoms with Crippen molar-refractivity contribution in [3.63, 3.8) is 0 Å². The van der Waals surface area contributed by atoms with E-state index < -0.39 is 11.1 Å². The summed E-state index contributed by atoms with van der Waals surface area (Å²) in [6, 6.07) is 5.29. The van der Waals surface area contributed by atoms with Crippen LogP contribution in [0.2, 0.25) is 5.02 Å². The molecule has 0 saturated carbocycles. The third-order valence-electron chi connectivity index (χ3n) is 4.48. The van der Waals surface area contributed by atoms with Gasteiger partial charge in [-0.25, -0.2) is 4.79 Å². The van der Waals surface area contributed by atoms with Crippen molar-refractivity contribution < 1.29 is 14.3 Å². The smallest absolute Gasteiger partial charge is 0.410 e. The lowest BCUT2D eigenvalue weighted by atomic mass is 9.83. The van der Waals surface area contributed by atoms with E-state index in [1.54, 1.807) is 19.2 Å². The maximum atomic E-state index is 12.4. The minimum atomic E-state index is -0.576. The zero-order valence-corrected chi connectivity index (χ0v) is 16.7. The van der Waals surface area contributed by atoms with E-state index in [9.17, 15) is 9.59 Å². The Labute approximate surface area is 160 Å². The minimum Gasteiger partial charge on any atom is -0.444 e. The summed E-state index contributed by atoms with van der Waals surface area (Å²) in [5, 5.41) is 3.69. The molecule has 3 N–H and O–H groups in total. The van der Waals surface area contributed by atoms with Crippen molar-refractivity contribution in [1.29, 1.82) is 0 Å². The number of fused-ring (bicyclic) bond motifs is 1. The highest BCUT2D eigenvalue weighted by molar-refractivity contribution is 6.30. The second-order valence-corrected chi connectivity index (χ2v) is 8.21. The molecule has 0 aliphatic carbocycles. The molecule has 144 valence electrons. The van der Waals surface area contributed by atoms with Gasteiger partial charge in [0.25, 0.3) is 5.91 Å². The predicted molar refractivity (Wildman–Crippen MR) is 102 cm³/mol. The van der Waals surface area contributed by atoms with Crippen LogP contribution in [0.15, 0.2) is 18.2 Å². The van der Waals surface area contributed by atoms with Crippen molar-refractivity contribution in [3.05, 3.63) is 34.3 Å². The van der Waals surface area contributed by atoms with Gasteiger partial charge in [0, 0.05) is 24.2 Å². The first-order valence-electron chi connectivity index (χ1n) is 8.85. The molecule has 0 radical (unpaired) electrons. The highest BCUT2D eigenvalue weighted by atomic mass is 35.5. The summed E-state index contributed by atoms with van der Waals surface area (Å²) < 4.78 is 5.40. The van der Waals surface area contributed by atoms with Crippen molar-refractivity contribution in [3.8, 4) is 0 Å². The molecule has 1 aliphatic rings. The Bertz CT molecular complexity index is 687. The molecule has 26 heavy (non-hydrogen) atoms. The van der Waals surface area contributed by atoms with E-state index in [1.165, 1.54) is 4.90 Å². The van der Waals surface area contributed by atoms with Crippen molar-refractivity contribution >= 4 is 23.6 Å². The number of nitrogens with zero attached hydrogens (tertiary/aromatic N) is 1. The molecule has 0 bridgehead atoms. The Balaban J connectivity index is 2.20. The minimum absolute atomic E-state index is 0.117. The zero-order chi connectivity index (χ0) is 19.5. The SMILES string of the molecule is CN(CCC1(CCCN)NC(=O)c2ccc(Cl)cc21)C(=O)OC(C)(C)C. The molecule has 1 heterocycles. The third kappa shape index (κ3) is 4.68. The molecule has 1 aliphatic heterocycles. The van der Waals surface area contributed by atoms with E-state index in [0.29, 0.717) is 36.5 Å². The predicted octanol–water partition coefficient (Wildman–Crippen LogP) is 3.27. The number of nitrogens with one attached hydrogen (secondary N) is 1. The van der Waals surface area contributed by atoms with E-state index in [0.717, 1.165) is 12.0 Å². The Morgan fingerprint density at radius 3 is 2.65 bits per heavy atom. The summed E-state index contributed by atoms with van der Waals surface area (Å²) in [5.74, 6) is -0.117. The first-order chi connectivity index (χ1) is 12.1. The topological polar surface area (TPSA) is 84.7 Å². The summed E-state index contributed by atoms with van der Waals surface area (Å²) in [5.41, 5.74) is 6.08. The van der Waals surface area contributed by atoms with Crippen molar-refractivity contribution in [1.82, 2.24) is 10.2 Å². The zero-order valence-electron chi connectivity index (χ0n) is 15.9. The molecular weight excluding hydrogens is 354 g/mol. The van der Waals surface area contributed by atoms with Gasteiger partial charge in [-0.2, -0.15) is 0 Å². The molecule has 6 nitrogen and oxygen atoms in total. The largest absolute Gasteiger partial charge is 0.444 e. The van der Waals surface area contributed by atoms with Gasteiger partial charge in [0.1, 0.15) is 5.60 Å². The molecule has 0 aromatic heterocycles. The van der Waals surface area contributed by atoms with E-state index in [4.69, 9.17) is 22.1 Å². The normalized spacial score (nSPS) is 19.1. The summed E-state index contributed by atoms with van der Waals surface area (Å²) in [4.78, 5) is 26.2. The fraction of sp³-hybridized carbons (Fsp3) is 0.579. The van der Waals surface area contributed by atoms with Crippen LogP contribution < -0.4 is 11.1 Å². The number of rotatable bonds is 6. The van der Waals surface area contributed by atoms with E-state index >= 15 is 0 Å². The van der Waals surface area contributed by atoms with Crippen LogP contribution in [0.25, 0.3) is 0 Å². The molecule has 1 unspecified atom stereocenters. The number of hydrogen-bond donors (Lipinski definition) is 2. The maximum Gasteiger partial charge on any atom is 0.410 e. The van der Waals surface area contributed by atoms with Crippen LogP contribution in [0.3, 0.4) is 0 Å². The Hall–Kier alpha value is -1.79. The van der Waals surface area contributed by atoms with E-state index in [1.807, 2.05) is 26.8 Å². The van der Waals surface area contributed by atoms with Crippen LogP contribution in [-0.2, 0) is 10.3 Å². The van der Waals surface area contributed by atoms with Gasteiger partial charge >= 0.3 is 6.09 Å². The van der Waals surface area contributed by atoms with Gasteiger partial charge < -0.3 is 20.7 Å². The molecule has 1 aromatic rings. The lowest BCUT2D eigenvalue weighted by Crippen LogP contribution is -2.44. The molecule has 1 atom stereocenters. The number of halogens is 1. The van der Waals surface area contributed by atoms with Crippen LogP contribution >= 0.6 is 11.6 Å². The maximum absolute atomic E-state index is 12.4. The number of carbonyl (C=O) groups is 2. The molecule has 7 heteroatoms. The van der Waals surface area contributed by atoms with Crippen LogP contribution in [0.1, 0.15) is 56.0 Å². The van der Waals surface area contributed by atoms with Gasteiger partial charge in [-0.15, -0.1) is 0 Å². The molecule has 0 fully saturated rings. The number of benzene rings is 1. The summed E-state index contributed by atoms with van der Waals surface area (Å²) >= 11 is 6.17. The van der Waals surface area contributed by atoms with Gasteiger partial charge in [-0.3, -0.25) is 4.79 Å². The Morgan fingerprint density at radius 2 is 2.04 bits per heavy atom. The average Bonchev–Trinajstić information content (AvgIpc) is 2.81. The number of carbonyl (C=O) groups excluding carboxylic acids is 2.